The van der Waals surface area contributed by atoms with Gasteiger partial charge >= 0.3 is 0 Å². The van der Waals surface area contributed by atoms with Crippen LogP contribution in [-0.4, -0.2) is 7.11 Å². The first-order valence-electron chi connectivity index (χ1n) is 9.10. The van der Waals surface area contributed by atoms with E-state index in [-0.39, 0.29) is 18.5 Å². The minimum Gasteiger partial charge on any atom is -0.493 e. The predicted octanol–water partition coefficient (Wildman–Crippen LogP) is 5.92. The third kappa shape index (κ3) is 4.83. The summed E-state index contributed by atoms with van der Waals surface area (Å²) in [6, 6.07) is 20.7. The van der Waals surface area contributed by atoms with Crippen molar-refractivity contribution in [3.63, 3.8) is 0 Å². The summed E-state index contributed by atoms with van der Waals surface area (Å²) in [5.74, 6) is 0.788. The van der Waals surface area contributed by atoms with Crippen molar-refractivity contribution in [2.45, 2.75) is 26.1 Å². The van der Waals surface area contributed by atoms with Crippen LogP contribution >= 0.6 is 11.6 Å². The van der Waals surface area contributed by atoms with Crippen molar-refractivity contribution < 1.29 is 13.9 Å². The molecule has 1 atom stereocenters. The standard InChI is InChI=1S/C23H23ClFNO2/c1-16(17-8-4-3-5-9-17)26-14-18-10-6-13-22(27-2)23(18)28-15-19-20(24)11-7-12-21(19)25/h3-13,16,26H,14-15H2,1-2H3/t16-/m0/s1. The zero-order valence-electron chi connectivity index (χ0n) is 15.9. The lowest BCUT2D eigenvalue weighted by Crippen LogP contribution is -2.18. The number of para-hydroxylation sites is 1. The molecule has 146 valence electrons. The zero-order valence-corrected chi connectivity index (χ0v) is 16.7. The van der Waals surface area contributed by atoms with Crippen molar-refractivity contribution in [1.82, 2.24) is 5.32 Å². The molecule has 0 radical (unpaired) electrons. The molecule has 0 aliphatic heterocycles. The van der Waals surface area contributed by atoms with Crippen molar-refractivity contribution in [2.24, 2.45) is 0 Å². The smallest absolute Gasteiger partial charge is 0.166 e. The minimum absolute atomic E-state index is 0.0210. The molecule has 3 aromatic carbocycles. The van der Waals surface area contributed by atoms with E-state index < -0.39 is 0 Å². The fraction of sp³-hybridized carbons (Fsp3) is 0.217. The molecule has 0 bridgehead atoms. The molecule has 3 nitrogen and oxygen atoms in total. The molecule has 0 fully saturated rings. The van der Waals surface area contributed by atoms with E-state index in [2.05, 4.69) is 24.4 Å². The van der Waals surface area contributed by atoms with Gasteiger partial charge < -0.3 is 14.8 Å². The van der Waals surface area contributed by atoms with Crippen molar-refractivity contribution in [2.75, 3.05) is 7.11 Å². The summed E-state index contributed by atoms with van der Waals surface area (Å²) in [5, 5.41) is 3.83. The van der Waals surface area contributed by atoms with Gasteiger partial charge in [0.2, 0.25) is 0 Å². The van der Waals surface area contributed by atoms with Gasteiger partial charge in [0.25, 0.3) is 0 Å². The van der Waals surface area contributed by atoms with E-state index in [1.54, 1.807) is 19.2 Å². The Morgan fingerprint density at radius 2 is 1.75 bits per heavy atom. The number of hydrogen-bond donors (Lipinski definition) is 1. The number of hydrogen-bond acceptors (Lipinski definition) is 3. The molecular formula is C23H23ClFNO2. The lowest BCUT2D eigenvalue weighted by atomic mass is 10.1. The van der Waals surface area contributed by atoms with Crippen LogP contribution in [0.2, 0.25) is 5.02 Å². The number of halogens is 2. The highest BCUT2D eigenvalue weighted by atomic mass is 35.5. The highest BCUT2D eigenvalue weighted by Crippen LogP contribution is 2.33. The lowest BCUT2D eigenvalue weighted by molar-refractivity contribution is 0.275. The summed E-state index contributed by atoms with van der Waals surface area (Å²) in [4.78, 5) is 0. The second-order valence-electron chi connectivity index (χ2n) is 6.45. The Kier molecular flexibility index (Phi) is 6.90. The molecule has 0 saturated heterocycles. The van der Waals surface area contributed by atoms with Gasteiger partial charge in [0.15, 0.2) is 11.5 Å². The van der Waals surface area contributed by atoms with Crippen LogP contribution in [0.5, 0.6) is 11.5 Å². The molecule has 0 saturated carbocycles. The van der Waals surface area contributed by atoms with Gasteiger partial charge in [0.05, 0.1) is 12.1 Å². The Hall–Kier alpha value is -2.56. The van der Waals surface area contributed by atoms with Crippen LogP contribution < -0.4 is 14.8 Å². The van der Waals surface area contributed by atoms with Gasteiger partial charge in [-0.2, -0.15) is 0 Å². The Labute approximate surface area is 170 Å². The van der Waals surface area contributed by atoms with Crippen molar-refractivity contribution in [3.05, 3.63) is 94.3 Å². The fourth-order valence-electron chi connectivity index (χ4n) is 2.96. The maximum absolute atomic E-state index is 14.1. The SMILES string of the molecule is COc1cccc(CN[C@@H](C)c2ccccc2)c1OCc1c(F)cccc1Cl. The monoisotopic (exact) mass is 399 g/mol. The number of nitrogens with one attached hydrogen (secondary N) is 1. The predicted molar refractivity (Wildman–Crippen MR) is 110 cm³/mol. The van der Waals surface area contributed by atoms with Crippen LogP contribution in [0.25, 0.3) is 0 Å². The minimum atomic E-state index is -0.389. The number of benzene rings is 3. The first-order chi connectivity index (χ1) is 13.6. The average molecular weight is 400 g/mol. The van der Waals surface area contributed by atoms with Crippen LogP contribution in [0.3, 0.4) is 0 Å². The normalized spacial score (nSPS) is 11.9. The molecule has 3 aromatic rings. The number of rotatable bonds is 8. The quantitative estimate of drug-likeness (QED) is 0.510. The van der Waals surface area contributed by atoms with E-state index in [0.29, 0.717) is 28.6 Å². The largest absolute Gasteiger partial charge is 0.493 e. The van der Waals surface area contributed by atoms with Crippen LogP contribution in [0.1, 0.15) is 29.7 Å². The number of ether oxygens (including phenoxy) is 2. The fourth-order valence-corrected chi connectivity index (χ4v) is 3.18. The third-order valence-corrected chi connectivity index (χ3v) is 4.96. The highest BCUT2D eigenvalue weighted by Gasteiger charge is 2.15. The molecule has 0 spiro atoms. The van der Waals surface area contributed by atoms with Gasteiger partial charge in [-0.1, -0.05) is 60.1 Å². The first-order valence-corrected chi connectivity index (χ1v) is 9.48. The molecular weight excluding hydrogens is 377 g/mol. The van der Waals surface area contributed by atoms with Gasteiger partial charge in [-0.15, -0.1) is 0 Å². The third-order valence-electron chi connectivity index (χ3n) is 4.60. The van der Waals surface area contributed by atoms with Gasteiger partial charge in [-0.05, 0) is 30.7 Å². The molecule has 0 aliphatic carbocycles. The van der Waals surface area contributed by atoms with Crippen LogP contribution in [-0.2, 0) is 13.2 Å². The molecule has 0 heterocycles. The van der Waals surface area contributed by atoms with Gasteiger partial charge in [0.1, 0.15) is 12.4 Å². The van der Waals surface area contributed by atoms with E-state index in [4.69, 9.17) is 21.1 Å². The summed E-state index contributed by atoms with van der Waals surface area (Å²) >= 11 is 6.12. The van der Waals surface area contributed by atoms with Crippen molar-refractivity contribution >= 4 is 11.6 Å². The summed E-state index contributed by atoms with van der Waals surface area (Å²) < 4.78 is 25.5. The molecule has 1 N–H and O–H groups in total. The Morgan fingerprint density at radius 1 is 1.00 bits per heavy atom. The summed E-state index contributed by atoms with van der Waals surface area (Å²) in [7, 11) is 1.59. The first kappa shape index (κ1) is 20.2. The Balaban J connectivity index is 1.77. The van der Waals surface area contributed by atoms with E-state index in [1.807, 2.05) is 36.4 Å². The molecule has 0 unspecified atom stereocenters. The Morgan fingerprint density at radius 3 is 2.46 bits per heavy atom. The van der Waals surface area contributed by atoms with Crippen molar-refractivity contribution in [3.8, 4) is 11.5 Å². The van der Waals surface area contributed by atoms with Gasteiger partial charge in [-0.3, -0.25) is 0 Å². The summed E-state index contributed by atoms with van der Waals surface area (Å²) in [5.41, 5.74) is 2.45. The second kappa shape index (κ2) is 9.58. The maximum atomic E-state index is 14.1. The average Bonchev–Trinajstić information content (AvgIpc) is 2.72. The maximum Gasteiger partial charge on any atom is 0.166 e. The van der Waals surface area contributed by atoms with Gasteiger partial charge in [-0.25, -0.2) is 4.39 Å². The molecule has 0 aliphatic rings. The van der Waals surface area contributed by atoms with Crippen LogP contribution in [0.15, 0.2) is 66.7 Å². The van der Waals surface area contributed by atoms with E-state index in [9.17, 15) is 4.39 Å². The molecule has 3 rings (SSSR count). The van der Waals surface area contributed by atoms with Crippen LogP contribution in [0, 0.1) is 5.82 Å². The van der Waals surface area contributed by atoms with Crippen molar-refractivity contribution in [1.29, 1.82) is 0 Å². The lowest BCUT2D eigenvalue weighted by Gasteiger charge is -2.19. The highest BCUT2D eigenvalue weighted by molar-refractivity contribution is 6.31. The summed E-state index contributed by atoms with van der Waals surface area (Å²) in [6.45, 7) is 2.70. The molecule has 5 heteroatoms. The molecule has 0 amide bonds. The molecule has 28 heavy (non-hydrogen) atoms. The topological polar surface area (TPSA) is 30.5 Å². The second-order valence-corrected chi connectivity index (χ2v) is 6.86. The van der Waals surface area contributed by atoms with E-state index >= 15 is 0 Å². The van der Waals surface area contributed by atoms with E-state index in [1.165, 1.54) is 11.6 Å². The zero-order chi connectivity index (χ0) is 19.9. The van der Waals surface area contributed by atoms with E-state index in [0.717, 1.165) is 5.56 Å². The summed E-state index contributed by atoms with van der Waals surface area (Å²) in [6.07, 6.45) is 0. The molecule has 0 aromatic heterocycles. The van der Waals surface area contributed by atoms with Gasteiger partial charge in [0, 0.05) is 23.7 Å². The number of methoxy groups -OCH3 is 1. The Bertz CT molecular complexity index is 897. The van der Waals surface area contributed by atoms with Crippen LogP contribution in [0.4, 0.5) is 4.39 Å².